The lowest BCUT2D eigenvalue weighted by Gasteiger charge is -2.31. The number of hydrogen-bond donors (Lipinski definition) is 1. The Morgan fingerprint density at radius 3 is 2.57 bits per heavy atom. The highest BCUT2D eigenvalue weighted by Gasteiger charge is 2.68. The average Bonchev–Trinajstić information content (AvgIpc) is 3.08. The van der Waals surface area contributed by atoms with E-state index in [4.69, 9.17) is 4.74 Å². The summed E-state index contributed by atoms with van der Waals surface area (Å²) in [5.41, 5.74) is 1.19. The second-order valence-electron chi connectivity index (χ2n) is 5.97. The first kappa shape index (κ1) is 14.7. The Morgan fingerprint density at radius 2 is 1.95 bits per heavy atom. The number of nitrogens with one attached hydrogen (secondary N) is 1. The first-order chi connectivity index (χ1) is 9.91. The van der Waals surface area contributed by atoms with Crippen LogP contribution in [0.4, 0.5) is 13.2 Å². The van der Waals surface area contributed by atoms with E-state index in [-0.39, 0.29) is 16.6 Å². The van der Waals surface area contributed by atoms with Crippen molar-refractivity contribution < 1.29 is 22.6 Å². The largest absolute Gasteiger partial charge is 0.573 e. The zero-order valence-corrected chi connectivity index (χ0v) is 11.8. The van der Waals surface area contributed by atoms with E-state index < -0.39 is 6.36 Å². The first-order valence-electron chi connectivity index (χ1n) is 6.97. The Bertz CT molecular complexity index is 513. The van der Waals surface area contributed by atoms with Gasteiger partial charge in [-0.3, -0.25) is 0 Å². The number of alkyl halides is 3. The maximum Gasteiger partial charge on any atom is 0.573 e. The number of hydrogen-bond acceptors (Lipinski definition) is 3. The van der Waals surface area contributed by atoms with Crippen molar-refractivity contribution >= 4 is 0 Å². The van der Waals surface area contributed by atoms with Crippen LogP contribution < -0.4 is 10.1 Å². The van der Waals surface area contributed by atoms with Crippen LogP contribution in [0.3, 0.4) is 0 Å². The van der Waals surface area contributed by atoms with E-state index in [9.17, 15) is 13.2 Å². The summed E-state index contributed by atoms with van der Waals surface area (Å²) < 4.78 is 45.9. The quantitative estimate of drug-likeness (QED) is 0.927. The lowest BCUT2D eigenvalue weighted by molar-refractivity contribution is -0.274. The zero-order valence-electron chi connectivity index (χ0n) is 11.8. The smallest absolute Gasteiger partial charge is 0.406 e. The molecule has 0 bridgehead atoms. The second kappa shape index (κ2) is 4.88. The molecule has 2 aliphatic rings. The normalized spacial score (nSPS) is 31.6. The highest BCUT2D eigenvalue weighted by Crippen LogP contribution is 2.67. The molecule has 1 heterocycles. The van der Waals surface area contributed by atoms with Crippen molar-refractivity contribution in [3.63, 3.8) is 0 Å². The molecule has 0 spiro atoms. The molecule has 0 unspecified atom stereocenters. The molecule has 3 nitrogen and oxygen atoms in total. The molecule has 1 aliphatic carbocycles. The minimum atomic E-state index is -4.64. The van der Waals surface area contributed by atoms with Gasteiger partial charge in [-0.2, -0.15) is 0 Å². The number of halogens is 3. The third-order valence-corrected chi connectivity index (χ3v) is 4.78. The van der Waals surface area contributed by atoms with Crippen LogP contribution >= 0.6 is 0 Å². The van der Waals surface area contributed by atoms with Gasteiger partial charge in [-0.15, -0.1) is 13.2 Å². The van der Waals surface area contributed by atoms with E-state index in [1.54, 1.807) is 19.2 Å². The molecule has 6 heteroatoms. The number of ether oxygens (including phenoxy) is 2. The molecule has 3 rings (SSSR count). The van der Waals surface area contributed by atoms with Crippen molar-refractivity contribution in [2.75, 3.05) is 26.8 Å². The Morgan fingerprint density at radius 1 is 1.24 bits per heavy atom. The minimum absolute atomic E-state index is 0.0328. The van der Waals surface area contributed by atoms with E-state index in [1.165, 1.54) is 12.1 Å². The monoisotopic (exact) mass is 301 g/mol. The van der Waals surface area contributed by atoms with Gasteiger partial charge in [-0.05, 0) is 37.1 Å². The molecule has 1 N–H and O–H groups in total. The van der Waals surface area contributed by atoms with Crippen LogP contribution in [0, 0.1) is 5.41 Å². The van der Waals surface area contributed by atoms with Gasteiger partial charge in [0, 0.05) is 24.5 Å². The molecule has 1 saturated heterocycles. The first-order valence-corrected chi connectivity index (χ1v) is 6.97. The summed E-state index contributed by atoms with van der Waals surface area (Å²) in [4.78, 5) is 0. The van der Waals surface area contributed by atoms with Crippen LogP contribution in [-0.4, -0.2) is 33.2 Å². The van der Waals surface area contributed by atoms with Crippen LogP contribution in [0.1, 0.15) is 18.4 Å². The van der Waals surface area contributed by atoms with Gasteiger partial charge in [0.15, 0.2) is 0 Å². The Kier molecular flexibility index (Phi) is 3.41. The van der Waals surface area contributed by atoms with Crippen LogP contribution in [0.2, 0.25) is 0 Å². The molecule has 2 fully saturated rings. The molecule has 1 saturated carbocycles. The molecular formula is C15H18F3NO2. The summed E-state index contributed by atoms with van der Waals surface area (Å²) in [7, 11) is 1.69. The summed E-state index contributed by atoms with van der Waals surface area (Å²) in [6, 6.07) is 6.30. The van der Waals surface area contributed by atoms with E-state index in [0.717, 1.165) is 31.5 Å². The number of methoxy groups -OCH3 is 1. The molecule has 0 amide bonds. The SMILES string of the molecule is COC[C@@]12CNCC[C@]1(c1ccc(OC(F)(F)F)cc1)C2. The topological polar surface area (TPSA) is 30.5 Å². The van der Waals surface area contributed by atoms with E-state index in [0.29, 0.717) is 6.61 Å². The van der Waals surface area contributed by atoms with E-state index >= 15 is 0 Å². The molecule has 0 radical (unpaired) electrons. The third-order valence-electron chi connectivity index (χ3n) is 4.78. The van der Waals surface area contributed by atoms with Gasteiger partial charge in [-0.1, -0.05) is 12.1 Å². The summed E-state index contributed by atoms with van der Waals surface area (Å²) in [6.07, 6.45) is -2.65. The summed E-state index contributed by atoms with van der Waals surface area (Å²) in [5, 5.41) is 3.39. The molecule has 1 aromatic carbocycles. The van der Waals surface area contributed by atoms with Crippen molar-refractivity contribution in [3.05, 3.63) is 29.8 Å². The molecule has 2 atom stereocenters. The lowest BCUT2D eigenvalue weighted by atomic mass is 9.81. The maximum atomic E-state index is 12.2. The summed E-state index contributed by atoms with van der Waals surface area (Å²) in [6.45, 7) is 2.48. The fourth-order valence-electron chi connectivity index (χ4n) is 3.79. The molecular weight excluding hydrogens is 283 g/mol. The molecule has 1 aromatic rings. The van der Waals surface area contributed by atoms with Crippen molar-refractivity contribution in [1.29, 1.82) is 0 Å². The van der Waals surface area contributed by atoms with Crippen LogP contribution in [-0.2, 0) is 10.2 Å². The zero-order chi connectivity index (χ0) is 15.1. The van der Waals surface area contributed by atoms with Crippen LogP contribution in [0.25, 0.3) is 0 Å². The number of rotatable bonds is 4. The summed E-state index contributed by atoms with van der Waals surface area (Å²) in [5.74, 6) is -0.172. The number of fused-ring (bicyclic) bond motifs is 1. The molecule has 116 valence electrons. The fraction of sp³-hybridized carbons (Fsp3) is 0.600. The predicted octanol–water partition coefficient (Wildman–Crippen LogP) is 2.85. The Labute approximate surface area is 121 Å². The maximum absolute atomic E-state index is 12.2. The fourth-order valence-corrected chi connectivity index (χ4v) is 3.79. The number of benzene rings is 1. The lowest BCUT2D eigenvalue weighted by Crippen LogP contribution is -2.40. The van der Waals surface area contributed by atoms with Crippen LogP contribution in [0.15, 0.2) is 24.3 Å². The summed E-state index contributed by atoms with van der Waals surface area (Å²) >= 11 is 0. The molecule has 0 aromatic heterocycles. The number of piperidine rings is 1. The van der Waals surface area contributed by atoms with Crippen molar-refractivity contribution in [2.24, 2.45) is 5.41 Å². The van der Waals surface area contributed by atoms with Gasteiger partial charge in [0.05, 0.1) is 6.61 Å². The highest BCUT2D eigenvalue weighted by molar-refractivity contribution is 5.42. The van der Waals surface area contributed by atoms with Gasteiger partial charge < -0.3 is 14.8 Å². The van der Waals surface area contributed by atoms with Gasteiger partial charge in [0.1, 0.15) is 5.75 Å². The van der Waals surface area contributed by atoms with Gasteiger partial charge in [0.2, 0.25) is 0 Å². The molecule has 1 aliphatic heterocycles. The van der Waals surface area contributed by atoms with Crippen molar-refractivity contribution in [3.8, 4) is 5.75 Å². The second-order valence-corrected chi connectivity index (χ2v) is 5.97. The van der Waals surface area contributed by atoms with E-state index in [2.05, 4.69) is 10.1 Å². The predicted molar refractivity (Wildman–Crippen MR) is 71.2 cm³/mol. The van der Waals surface area contributed by atoms with Crippen molar-refractivity contribution in [1.82, 2.24) is 5.32 Å². The van der Waals surface area contributed by atoms with Crippen molar-refractivity contribution in [2.45, 2.75) is 24.6 Å². The standard InChI is InChI=1S/C15H18F3NO2/c1-20-10-13-8-14(13,6-7-19-9-13)11-2-4-12(5-3-11)21-15(16,17)18/h2-5,19H,6-10H2,1H3/t13-,14-/m1/s1. The van der Waals surface area contributed by atoms with E-state index in [1.807, 2.05) is 0 Å². The third kappa shape index (κ3) is 2.51. The Balaban J connectivity index is 1.81. The minimum Gasteiger partial charge on any atom is -0.406 e. The van der Waals surface area contributed by atoms with Crippen LogP contribution in [0.5, 0.6) is 5.75 Å². The van der Waals surface area contributed by atoms with Gasteiger partial charge >= 0.3 is 6.36 Å². The molecule has 21 heavy (non-hydrogen) atoms. The highest BCUT2D eigenvalue weighted by atomic mass is 19.4. The average molecular weight is 301 g/mol. The van der Waals surface area contributed by atoms with Gasteiger partial charge in [0.25, 0.3) is 0 Å². The Hall–Kier alpha value is -1.27. The van der Waals surface area contributed by atoms with Gasteiger partial charge in [-0.25, -0.2) is 0 Å².